The van der Waals surface area contributed by atoms with Gasteiger partial charge in [-0.05, 0) is 38.5 Å². The van der Waals surface area contributed by atoms with Crippen LogP contribution >= 0.6 is 0 Å². The highest BCUT2D eigenvalue weighted by Gasteiger charge is 2.02. The van der Waals surface area contributed by atoms with E-state index in [9.17, 15) is 4.79 Å². The summed E-state index contributed by atoms with van der Waals surface area (Å²) in [5, 5.41) is 0. The Labute approximate surface area is 221 Å². The van der Waals surface area contributed by atoms with Gasteiger partial charge >= 0.3 is 5.97 Å². The first-order valence-electron chi connectivity index (χ1n) is 16.1. The molecule has 0 bridgehead atoms. The summed E-state index contributed by atoms with van der Waals surface area (Å²) in [6, 6.07) is 0. The molecule has 0 radical (unpaired) electrons. The number of carbonyl (C=O) groups excluding carboxylic acids is 1. The summed E-state index contributed by atoms with van der Waals surface area (Å²) in [4.78, 5) is 11.9. The van der Waals surface area contributed by atoms with Gasteiger partial charge in [-0.2, -0.15) is 0 Å². The Kier molecular flexibility index (Phi) is 30.5. The SMILES string of the molecule is CCCCCC/C=C/CCCCCCCCCC(=O)OCCCCCCCCCCCCCCC. The van der Waals surface area contributed by atoms with Crippen LogP contribution in [0.15, 0.2) is 12.2 Å². The van der Waals surface area contributed by atoms with Crippen molar-refractivity contribution in [1.29, 1.82) is 0 Å². The van der Waals surface area contributed by atoms with Gasteiger partial charge in [0.25, 0.3) is 0 Å². The van der Waals surface area contributed by atoms with Crippen LogP contribution in [0.4, 0.5) is 0 Å². The van der Waals surface area contributed by atoms with Crippen LogP contribution in [0, 0.1) is 0 Å². The molecule has 0 rings (SSSR count). The monoisotopic (exact) mass is 492 g/mol. The second-order valence-corrected chi connectivity index (χ2v) is 10.8. The summed E-state index contributed by atoms with van der Waals surface area (Å²) >= 11 is 0. The van der Waals surface area contributed by atoms with E-state index in [4.69, 9.17) is 4.74 Å². The van der Waals surface area contributed by atoms with Gasteiger partial charge in [0.15, 0.2) is 0 Å². The van der Waals surface area contributed by atoms with Gasteiger partial charge in [0.2, 0.25) is 0 Å². The molecule has 0 aliphatic heterocycles. The van der Waals surface area contributed by atoms with E-state index < -0.39 is 0 Å². The number of hydrogen-bond acceptors (Lipinski definition) is 2. The Bertz CT molecular complexity index is 429. The average Bonchev–Trinajstić information content (AvgIpc) is 2.86. The highest BCUT2D eigenvalue weighted by molar-refractivity contribution is 5.69. The lowest BCUT2D eigenvalue weighted by atomic mass is 10.0. The van der Waals surface area contributed by atoms with Gasteiger partial charge < -0.3 is 4.74 Å². The fourth-order valence-corrected chi connectivity index (χ4v) is 4.72. The van der Waals surface area contributed by atoms with Crippen molar-refractivity contribution in [2.75, 3.05) is 6.61 Å². The minimum absolute atomic E-state index is 0.0189. The molecular weight excluding hydrogens is 428 g/mol. The first kappa shape index (κ1) is 34.2. The molecule has 0 saturated heterocycles. The van der Waals surface area contributed by atoms with Crippen LogP contribution in [-0.4, -0.2) is 12.6 Å². The minimum atomic E-state index is 0.0189. The normalized spacial score (nSPS) is 11.5. The van der Waals surface area contributed by atoms with Gasteiger partial charge in [-0.1, -0.05) is 154 Å². The first-order chi connectivity index (χ1) is 17.3. The van der Waals surface area contributed by atoms with Crippen LogP contribution in [0.1, 0.15) is 187 Å². The van der Waals surface area contributed by atoms with Gasteiger partial charge in [-0.15, -0.1) is 0 Å². The number of hydrogen-bond donors (Lipinski definition) is 0. The van der Waals surface area contributed by atoms with Crippen molar-refractivity contribution in [3.63, 3.8) is 0 Å². The summed E-state index contributed by atoms with van der Waals surface area (Å²) in [5.41, 5.74) is 0. The zero-order valence-corrected chi connectivity index (χ0v) is 24.3. The summed E-state index contributed by atoms with van der Waals surface area (Å²) in [7, 11) is 0. The molecule has 0 aliphatic carbocycles. The molecule has 0 saturated carbocycles. The molecule has 208 valence electrons. The van der Waals surface area contributed by atoms with E-state index in [-0.39, 0.29) is 5.97 Å². The number of rotatable bonds is 29. The summed E-state index contributed by atoms with van der Waals surface area (Å²) in [5.74, 6) is 0.0189. The molecule has 0 aliphatic rings. The summed E-state index contributed by atoms with van der Waals surface area (Å²) < 4.78 is 5.42. The van der Waals surface area contributed by atoms with Crippen molar-refractivity contribution in [3.8, 4) is 0 Å². The number of carbonyl (C=O) groups is 1. The van der Waals surface area contributed by atoms with Crippen LogP contribution < -0.4 is 0 Å². The number of ether oxygens (including phenoxy) is 1. The van der Waals surface area contributed by atoms with E-state index in [0.717, 1.165) is 12.8 Å². The molecule has 0 aromatic heterocycles. The minimum Gasteiger partial charge on any atom is -0.466 e. The fourth-order valence-electron chi connectivity index (χ4n) is 4.72. The van der Waals surface area contributed by atoms with Crippen molar-refractivity contribution >= 4 is 5.97 Å². The lowest BCUT2D eigenvalue weighted by molar-refractivity contribution is -0.143. The Balaban J connectivity index is 3.18. The predicted molar refractivity (Wildman–Crippen MR) is 156 cm³/mol. The zero-order chi connectivity index (χ0) is 25.5. The highest BCUT2D eigenvalue weighted by atomic mass is 16.5. The molecule has 0 atom stereocenters. The molecule has 0 heterocycles. The van der Waals surface area contributed by atoms with Gasteiger partial charge in [-0.3, -0.25) is 4.79 Å². The van der Waals surface area contributed by atoms with Gasteiger partial charge in [0.1, 0.15) is 0 Å². The summed E-state index contributed by atoms with van der Waals surface area (Å²) in [6.07, 6.45) is 39.7. The molecule has 2 heteroatoms. The number of esters is 1. The molecule has 0 unspecified atom stereocenters. The molecule has 0 fully saturated rings. The Morgan fingerprint density at radius 3 is 1.26 bits per heavy atom. The van der Waals surface area contributed by atoms with Crippen molar-refractivity contribution in [1.82, 2.24) is 0 Å². The molecule has 0 aromatic rings. The standard InChI is InChI=1S/C33H64O2/c1-3-5-7-9-11-13-15-17-18-19-21-23-25-27-29-31-33(34)35-32-30-28-26-24-22-20-16-14-12-10-8-6-4-2/h13,15H,3-12,14,16-32H2,1-2H3/b15-13+. The van der Waals surface area contributed by atoms with E-state index in [2.05, 4.69) is 26.0 Å². The van der Waals surface area contributed by atoms with Crippen LogP contribution in [-0.2, 0) is 9.53 Å². The van der Waals surface area contributed by atoms with Crippen LogP contribution in [0.3, 0.4) is 0 Å². The fraction of sp³-hybridized carbons (Fsp3) is 0.909. The Morgan fingerprint density at radius 2 is 0.800 bits per heavy atom. The molecule has 2 nitrogen and oxygen atoms in total. The predicted octanol–water partition coefficient (Wildman–Crippen LogP) is 11.7. The van der Waals surface area contributed by atoms with Crippen molar-refractivity contribution in [2.45, 2.75) is 187 Å². The van der Waals surface area contributed by atoms with Crippen molar-refractivity contribution < 1.29 is 9.53 Å². The quantitative estimate of drug-likeness (QED) is 0.0589. The van der Waals surface area contributed by atoms with Crippen LogP contribution in [0.2, 0.25) is 0 Å². The first-order valence-corrected chi connectivity index (χ1v) is 16.1. The highest BCUT2D eigenvalue weighted by Crippen LogP contribution is 2.13. The molecule has 0 amide bonds. The maximum Gasteiger partial charge on any atom is 0.305 e. The van der Waals surface area contributed by atoms with Gasteiger partial charge in [0, 0.05) is 6.42 Å². The van der Waals surface area contributed by atoms with Crippen LogP contribution in [0.25, 0.3) is 0 Å². The Morgan fingerprint density at radius 1 is 0.457 bits per heavy atom. The lowest BCUT2D eigenvalue weighted by Gasteiger charge is -2.05. The maximum atomic E-state index is 11.9. The van der Waals surface area contributed by atoms with Crippen LogP contribution in [0.5, 0.6) is 0 Å². The molecule has 35 heavy (non-hydrogen) atoms. The van der Waals surface area contributed by atoms with E-state index >= 15 is 0 Å². The second-order valence-electron chi connectivity index (χ2n) is 10.8. The third-order valence-electron chi connectivity index (χ3n) is 7.15. The van der Waals surface area contributed by atoms with Crippen molar-refractivity contribution in [3.05, 3.63) is 12.2 Å². The largest absolute Gasteiger partial charge is 0.466 e. The van der Waals surface area contributed by atoms with E-state index in [0.29, 0.717) is 13.0 Å². The van der Waals surface area contributed by atoms with Crippen molar-refractivity contribution in [2.24, 2.45) is 0 Å². The van der Waals surface area contributed by atoms with E-state index in [1.807, 2.05) is 0 Å². The van der Waals surface area contributed by atoms with E-state index in [1.54, 1.807) is 0 Å². The lowest BCUT2D eigenvalue weighted by Crippen LogP contribution is -2.05. The topological polar surface area (TPSA) is 26.3 Å². The number of unbranched alkanes of at least 4 members (excludes halogenated alkanes) is 23. The second kappa shape index (κ2) is 31.2. The van der Waals surface area contributed by atoms with Gasteiger partial charge in [0.05, 0.1) is 6.61 Å². The smallest absolute Gasteiger partial charge is 0.305 e. The average molecular weight is 493 g/mol. The number of allylic oxidation sites excluding steroid dienone is 2. The molecular formula is C33H64O2. The van der Waals surface area contributed by atoms with Gasteiger partial charge in [-0.25, -0.2) is 0 Å². The Hall–Kier alpha value is -0.790. The molecule has 0 aromatic carbocycles. The molecule has 0 spiro atoms. The van der Waals surface area contributed by atoms with E-state index in [1.165, 1.54) is 154 Å². The third kappa shape index (κ3) is 31.2. The third-order valence-corrected chi connectivity index (χ3v) is 7.15. The zero-order valence-electron chi connectivity index (χ0n) is 24.3. The maximum absolute atomic E-state index is 11.9. The molecule has 0 N–H and O–H groups in total. The summed E-state index contributed by atoms with van der Waals surface area (Å²) in [6.45, 7) is 5.18.